The van der Waals surface area contributed by atoms with E-state index in [1.54, 1.807) is 13.1 Å². The number of hydrogen-bond acceptors (Lipinski definition) is 8. The minimum atomic E-state index is 0.110. The highest BCUT2D eigenvalue weighted by molar-refractivity contribution is 5.73. The van der Waals surface area contributed by atoms with Crippen molar-refractivity contribution in [1.29, 1.82) is 0 Å². The van der Waals surface area contributed by atoms with E-state index in [0.717, 1.165) is 56.1 Å². The van der Waals surface area contributed by atoms with E-state index in [1.807, 2.05) is 41.4 Å². The molecule has 0 aliphatic carbocycles. The molecular weight excluding hydrogens is 406 g/mol. The molecule has 1 amide bonds. The van der Waals surface area contributed by atoms with Gasteiger partial charge in [-0.25, -0.2) is 4.98 Å². The Bertz CT molecular complexity index is 1060. The fourth-order valence-electron chi connectivity index (χ4n) is 4.46. The predicted octanol–water partition coefficient (Wildman–Crippen LogP) is 2.53. The number of carbonyl (C=O) groups is 1. The van der Waals surface area contributed by atoms with Crippen LogP contribution < -0.4 is 4.90 Å². The number of likely N-dealkylation sites (tertiary alicyclic amines) is 1. The van der Waals surface area contributed by atoms with Crippen molar-refractivity contribution in [2.75, 3.05) is 37.6 Å². The Kier molecular flexibility index (Phi) is 5.81. The van der Waals surface area contributed by atoms with Crippen LogP contribution in [0, 0.1) is 0 Å². The maximum absolute atomic E-state index is 11.6. The maximum Gasteiger partial charge on any atom is 0.244 e. The lowest BCUT2D eigenvalue weighted by atomic mass is 10.2. The number of anilines is 1. The van der Waals surface area contributed by atoms with Crippen molar-refractivity contribution in [2.24, 2.45) is 0 Å². The number of aromatic nitrogens is 4. The smallest absolute Gasteiger partial charge is 0.244 e. The molecule has 9 nitrogen and oxygen atoms in total. The van der Waals surface area contributed by atoms with Crippen LogP contribution in [0.5, 0.6) is 0 Å². The van der Waals surface area contributed by atoms with E-state index in [4.69, 9.17) is 9.51 Å². The van der Waals surface area contributed by atoms with Gasteiger partial charge in [-0.15, -0.1) is 0 Å². The van der Waals surface area contributed by atoms with Crippen molar-refractivity contribution in [3.05, 3.63) is 54.3 Å². The van der Waals surface area contributed by atoms with E-state index in [2.05, 4.69) is 24.9 Å². The summed E-state index contributed by atoms with van der Waals surface area (Å²) in [6.45, 7) is 6.32. The zero-order valence-corrected chi connectivity index (χ0v) is 18.2. The topological polar surface area (TPSA) is 91.5 Å². The van der Waals surface area contributed by atoms with Gasteiger partial charge in [-0.05, 0) is 43.7 Å². The number of pyridine rings is 2. The first-order valence-electron chi connectivity index (χ1n) is 11.1. The van der Waals surface area contributed by atoms with Crippen LogP contribution in [0.4, 0.5) is 5.82 Å². The lowest BCUT2D eigenvalue weighted by Crippen LogP contribution is -2.48. The van der Waals surface area contributed by atoms with E-state index in [9.17, 15) is 4.79 Å². The van der Waals surface area contributed by atoms with Gasteiger partial charge in [0.15, 0.2) is 0 Å². The van der Waals surface area contributed by atoms with Crippen molar-refractivity contribution in [2.45, 2.75) is 32.4 Å². The number of amides is 1. The maximum atomic E-state index is 11.6. The molecule has 3 aromatic rings. The average Bonchev–Trinajstić information content (AvgIpc) is 3.49. The van der Waals surface area contributed by atoms with Gasteiger partial charge in [0.25, 0.3) is 0 Å². The number of rotatable bonds is 5. The molecule has 0 saturated carbocycles. The first-order chi connectivity index (χ1) is 15.7. The molecule has 0 N–H and O–H groups in total. The van der Waals surface area contributed by atoms with Gasteiger partial charge >= 0.3 is 0 Å². The SMILES string of the molecule is CC(=O)N1CCN(c2cc(-c3noc([C@@H]4CCCN4Cc4ccccn4)n3)ccn2)CC1. The van der Waals surface area contributed by atoms with Crippen molar-refractivity contribution in [3.63, 3.8) is 0 Å². The molecule has 0 aromatic carbocycles. The fraction of sp³-hybridized carbons (Fsp3) is 0.435. The highest BCUT2D eigenvalue weighted by Crippen LogP contribution is 2.33. The molecule has 0 radical (unpaired) electrons. The fourth-order valence-corrected chi connectivity index (χ4v) is 4.46. The third-order valence-electron chi connectivity index (χ3n) is 6.23. The summed E-state index contributed by atoms with van der Waals surface area (Å²) < 4.78 is 5.70. The lowest BCUT2D eigenvalue weighted by Gasteiger charge is -2.34. The van der Waals surface area contributed by atoms with E-state index in [0.29, 0.717) is 24.8 Å². The third kappa shape index (κ3) is 4.34. The van der Waals surface area contributed by atoms with E-state index < -0.39 is 0 Å². The second-order valence-corrected chi connectivity index (χ2v) is 8.30. The first kappa shape index (κ1) is 20.6. The zero-order chi connectivity index (χ0) is 21.9. The monoisotopic (exact) mass is 433 g/mol. The molecule has 2 aliphatic heterocycles. The van der Waals surface area contributed by atoms with Gasteiger partial charge in [-0.1, -0.05) is 11.2 Å². The molecule has 5 rings (SSSR count). The van der Waals surface area contributed by atoms with Gasteiger partial charge in [0.05, 0.1) is 11.7 Å². The molecule has 1 atom stereocenters. The van der Waals surface area contributed by atoms with Crippen LogP contribution in [-0.2, 0) is 11.3 Å². The number of carbonyl (C=O) groups excluding carboxylic acids is 1. The Morgan fingerprint density at radius 3 is 2.75 bits per heavy atom. The Hall–Kier alpha value is -3.33. The van der Waals surface area contributed by atoms with Crippen LogP contribution in [-0.4, -0.2) is 68.5 Å². The van der Waals surface area contributed by atoms with E-state index in [-0.39, 0.29) is 11.9 Å². The predicted molar refractivity (Wildman–Crippen MR) is 119 cm³/mol. The molecule has 166 valence electrons. The number of hydrogen-bond donors (Lipinski definition) is 0. The molecule has 3 aromatic heterocycles. The molecule has 2 saturated heterocycles. The van der Waals surface area contributed by atoms with Gasteiger partial charge in [0.1, 0.15) is 5.82 Å². The summed E-state index contributed by atoms with van der Waals surface area (Å²) in [5.41, 5.74) is 1.93. The van der Waals surface area contributed by atoms with E-state index >= 15 is 0 Å². The van der Waals surface area contributed by atoms with Crippen LogP contribution in [0.2, 0.25) is 0 Å². The highest BCUT2D eigenvalue weighted by Gasteiger charge is 2.31. The van der Waals surface area contributed by atoms with Crippen LogP contribution in [0.3, 0.4) is 0 Å². The molecular formula is C23H27N7O2. The molecule has 0 spiro atoms. The summed E-state index contributed by atoms with van der Waals surface area (Å²) in [5.74, 6) is 2.22. The minimum Gasteiger partial charge on any atom is -0.353 e. The molecule has 2 aliphatic rings. The second-order valence-electron chi connectivity index (χ2n) is 8.30. The Morgan fingerprint density at radius 2 is 1.97 bits per heavy atom. The quantitative estimate of drug-likeness (QED) is 0.606. The van der Waals surface area contributed by atoms with Crippen molar-refractivity contribution in [3.8, 4) is 11.4 Å². The largest absolute Gasteiger partial charge is 0.353 e. The minimum absolute atomic E-state index is 0.110. The summed E-state index contributed by atoms with van der Waals surface area (Å²) in [5, 5.41) is 4.27. The number of nitrogens with zero attached hydrogens (tertiary/aromatic N) is 7. The summed E-state index contributed by atoms with van der Waals surface area (Å²) in [6, 6.07) is 10.0. The summed E-state index contributed by atoms with van der Waals surface area (Å²) >= 11 is 0. The molecule has 0 unspecified atom stereocenters. The molecule has 9 heteroatoms. The summed E-state index contributed by atoms with van der Waals surface area (Å²) in [6.07, 6.45) is 5.70. The van der Waals surface area contributed by atoms with Crippen molar-refractivity contribution in [1.82, 2.24) is 29.9 Å². The third-order valence-corrected chi connectivity index (χ3v) is 6.23. The molecule has 0 bridgehead atoms. The highest BCUT2D eigenvalue weighted by atomic mass is 16.5. The first-order valence-corrected chi connectivity index (χ1v) is 11.1. The van der Waals surface area contributed by atoms with E-state index in [1.165, 1.54) is 0 Å². The average molecular weight is 434 g/mol. The van der Waals surface area contributed by atoms with Crippen molar-refractivity contribution >= 4 is 11.7 Å². The van der Waals surface area contributed by atoms with Gasteiger partial charge in [0.2, 0.25) is 17.6 Å². The molecule has 2 fully saturated rings. The Labute approximate surface area is 187 Å². The van der Waals surface area contributed by atoms with Gasteiger partial charge in [0, 0.05) is 57.6 Å². The zero-order valence-electron chi connectivity index (χ0n) is 18.2. The number of piperazine rings is 1. The van der Waals surface area contributed by atoms with Crippen LogP contribution in [0.25, 0.3) is 11.4 Å². The van der Waals surface area contributed by atoms with Gasteiger partial charge in [-0.2, -0.15) is 4.98 Å². The van der Waals surface area contributed by atoms with Crippen LogP contribution in [0.15, 0.2) is 47.2 Å². The molecule has 5 heterocycles. The summed E-state index contributed by atoms with van der Waals surface area (Å²) in [4.78, 5) is 31.7. The Balaban J connectivity index is 1.29. The molecule has 32 heavy (non-hydrogen) atoms. The standard InChI is InChI=1S/C23H27N7O2/c1-17(31)28-11-13-29(14-12-28)21-15-18(7-9-25-21)22-26-23(32-27-22)20-6-4-10-30(20)16-19-5-2-3-8-24-19/h2-3,5,7-9,15,20H,4,6,10-14,16H2,1H3/t20-/m0/s1. The normalized spacial score (nSPS) is 19.5. The summed E-state index contributed by atoms with van der Waals surface area (Å²) in [7, 11) is 0. The van der Waals surface area contributed by atoms with Crippen LogP contribution in [0.1, 0.15) is 37.4 Å². The lowest BCUT2D eigenvalue weighted by molar-refractivity contribution is -0.129. The van der Waals surface area contributed by atoms with Gasteiger partial charge < -0.3 is 14.3 Å². The van der Waals surface area contributed by atoms with Gasteiger partial charge in [-0.3, -0.25) is 14.7 Å². The van der Waals surface area contributed by atoms with Crippen LogP contribution >= 0.6 is 0 Å². The second kappa shape index (κ2) is 9.04. The van der Waals surface area contributed by atoms with Crippen molar-refractivity contribution < 1.29 is 9.32 Å². The Morgan fingerprint density at radius 1 is 1.09 bits per heavy atom.